The molecule has 7 heteroatoms. The molecule has 0 saturated carbocycles. The number of piperidine rings is 1. The molecule has 114 valence electrons. The Morgan fingerprint density at radius 1 is 1.29 bits per heavy atom. The van der Waals surface area contributed by atoms with Crippen LogP contribution < -0.4 is 22.1 Å². The van der Waals surface area contributed by atoms with Gasteiger partial charge in [-0.2, -0.15) is 0 Å². The Kier molecular flexibility index (Phi) is 4.27. The van der Waals surface area contributed by atoms with Crippen LogP contribution in [-0.2, 0) is 4.79 Å². The number of primary amides is 2. The van der Waals surface area contributed by atoms with Gasteiger partial charge in [0.15, 0.2) is 0 Å². The van der Waals surface area contributed by atoms with Gasteiger partial charge in [-0.1, -0.05) is 11.6 Å². The fraction of sp³-hybridized carbons (Fsp3) is 0.429. The number of carbonyl (C=O) groups is 2. The first-order chi connectivity index (χ1) is 9.81. The van der Waals surface area contributed by atoms with E-state index in [0.29, 0.717) is 22.9 Å². The smallest absolute Gasteiger partial charge is 0.250 e. The van der Waals surface area contributed by atoms with Gasteiger partial charge in [-0.05, 0) is 31.9 Å². The van der Waals surface area contributed by atoms with Crippen molar-refractivity contribution in [2.24, 2.45) is 17.4 Å². The van der Waals surface area contributed by atoms with Crippen molar-refractivity contribution in [1.29, 1.82) is 0 Å². The number of hydrogen-bond acceptors (Lipinski definition) is 4. The fourth-order valence-corrected chi connectivity index (χ4v) is 3.09. The van der Waals surface area contributed by atoms with Gasteiger partial charge in [0.25, 0.3) is 5.91 Å². The molecule has 1 fully saturated rings. The second-order valence-electron chi connectivity index (χ2n) is 5.44. The van der Waals surface area contributed by atoms with Gasteiger partial charge in [-0.15, -0.1) is 0 Å². The average Bonchev–Trinajstić information content (AvgIpc) is 2.38. The Morgan fingerprint density at radius 2 is 1.95 bits per heavy atom. The summed E-state index contributed by atoms with van der Waals surface area (Å²) in [5, 5.41) is 0.348. The van der Waals surface area contributed by atoms with Crippen LogP contribution in [0.25, 0.3) is 0 Å². The Bertz CT molecular complexity index is 591. The molecular formula is C14H19ClN4O2. The Balaban J connectivity index is 2.48. The van der Waals surface area contributed by atoms with Crippen LogP contribution in [0.5, 0.6) is 0 Å². The molecule has 0 radical (unpaired) electrons. The number of hydrogen-bond donors (Lipinski definition) is 3. The molecule has 1 saturated heterocycles. The Labute approximate surface area is 128 Å². The van der Waals surface area contributed by atoms with Crippen molar-refractivity contribution in [3.63, 3.8) is 0 Å². The molecule has 1 heterocycles. The first-order valence-corrected chi connectivity index (χ1v) is 7.13. The first-order valence-electron chi connectivity index (χ1n) is 6.76. The Hall–Kier alpha value is -1.95. The molecule has 2 rings (SSSR count). The molecule has 0 aliphatic carbocycles. The number of nitrogens with two attached hydrogens (primary N) is 3. The summed E-state index contributed by atoms with van der Waals surface area (Å²) in [5.74, 6) is -1.22. The van der Waals surface area contributed by atoms with Crippen molar-refractivity contribution in [2.75, 3.05) is 17.2 Å². The molecule has 0 spiro atoms. The highest BCUT2D eigenvalue weighted by molar-refractivity contribution is 6.34. The predicted molar refractivity (Wildman–Crippen MR) is 83.1 cm³/mol. The van der Waals surface area contributed by atoms with Crippen molar-refractivity contribution in [3.05, 3.63) is 22.7 Å². The number of amides is 2. The molecule has 1 aliphatic rings. The topological polar surface area (TPSA) is 115 Å². The van der Waals surface area contributed by atoms with Gasteiger partial charge in [0.2, 0.25) is 5.91 Å². The zero-order valence-corrected chi connectivity index (χ0v) is 12.6. The lowest BCUT2D eigenvalue weighted by Crippen LogP contribution is -2.46. The van der Waals surface area contributed by atoms with Crippen molar-refractivity contribution in [2.45, 2.75) is 25.8 Å². The summed E-state index contributed by atoms with van der Waals surface area (Å²) in [6.45, 7) is 2.43. The van der Waals surface area contributed by atoms with Crippen LogP contribution in [0.3, 0.4) is 0 Å². The summed E-state index contributed by atoms with van der Waals surface area (Å²) in [6, 6.07) is 3.20. The van der Waals surface area contributed by atoms with E-state index in [1.165, 1.54) is 6.07 Å². The average molecular weight is 311 g/mol. The van der Waals surface area contributed by atoms with Crippen LogP contribution >= 0.6 is 11.6 Å². The van der Waals surface area contributed by atoms with Crippen LogP contribution in [-0.4, -0.2) is 24.4 Å². The number of nitrogen functional groups attached to an aromatic ring is 1. The van der Waals surface area contributed by atoms with Crippen LogP contribution in [0.15, 0.2) is 12.1 Å². The Morgan fingerprint density at radius 3 is 2.52 bits per heavy atom. The fourth-order valence-electron chi connectivity index (χ4n) is 2.75. The quantitative estimate of drug-likeness (QED) is 0.725. The maximum absolute atomic E-state index is 11.7. The van der Waals surface area contributed by atoms with E-state index in [2.05, 4.69) is 0 Å². The van der Waals surface area contributed by atoms with Gasteiger partial charge < -0.3 is 22.1 Å². The molecule has 21 heavy (non-hydrogen) atoms. The van der Waals surface area contributed by atoms with Gasteiger partial charge in [0.1, 0.15) is 0 Å². The highest BCUT2D eigenvalue weighted by Crippen LogP contribution is 2.37. The van der Waals surface area contributed by atoms with E-state index >= 15 is 0 Å². The largest absolute Gasteiger partial charge is 0.399 e. The summed E-state index contributed by atoms with van der Waals surface area (Å²) < 4.78 is 0. The van der Waals surface area contributed by atoms with Crippen molar-refractivity contribution < 1.29 is 9.59 Å². The predicted octanol–water partition coefficient (Wildman–Crippen LogP) is 1.11. The third kappa shape index (κ3) is 3.05. The zero-order valence-electron chi connectivity index (χ0n) is 11.8. The van der Waals surface area contributed by atoms with Crippen molar-refractivity contribution >= 4 is 34.8 Å². The molecule has 0 bridgehead atoms. The number of halogens is 1. The standard InChI is InChI=1S/C14H19ClN4O2/c1-7-2-3-8(13(17)20)6-19(7)12-10(14(18)21)4-9(16)5-11(12)15/h4-5,7-8H,2-3,6,16H2,1H3,(H2,17,20)(H2,18,21). The summed E-state index contributed by atoms with van der Waals surface area (Å²) in [5.41, 5.74) is 17.7. The van der Waals surface area contributed by atoms with E-state index < -0.39 is 5.91 Å². The second-order valence-corrected chi connectivity index (χ2v) is 5.85. The van der Waals surface area contributed by atoms with Gasteiger partial charge in [0.05, 0.1) is 22.2 Å². The minimum atomic E-state index is -0.604. The molecule has 2 atom stereocenters. The number of rotatable bonds is 3. The third-order valence-electron chi connectivity index (χ3n) is 3.92. The van der Waals surface area contributed by atoms with Crippen LogP contribution in [0.2, 0.25) is 5.02 Å². The third-order valence-corrected chi connectivity index (χ3v) is 4.21. The lowest BCUT2D eigenvalue weighted by Gasteiger charge is -2.39. The lowest BCUT2D eigenvalue weighted by atomic mass is 9.91. The van der Waals surface area contributed by atoms with Crippen molar-refractivity contribution in [3.8, 4) is 0 Å². The number of benzene rings is 1. The van der Waals surface area contributed by atoms with E-state index in [0.717, 1.165) is 12.8 Å². The number of carbonyl (C=O) groups excluding carboxylic acids is 2. The molecule has 2 amide bonds. The van der Waals surface area contributed by atoms with E-state index in [-0.39, 0.29) is 23.4 Å². The summed E-state index contributed by atoms with van der Waals surface area (Å²) >= 11 is 6.26. The maximum Gasteiger partial charge on any atom is 0.250 e. The van der Waals surface area contributed by atoms with Crippen LogP contribution in [0, 0.1) is 5.92 Å². The number of nitrogens with zero attached hydrogens (tertiary/aromatic N) is 1. The van der Waals surface area contributed by atoms with E-state index in [1.54, 1.807) is 6.07 Å². The molecule has 0 aromatic heterocycles. The van der Waals surface area contributed by atoms with Crippen molar-refractivity contribution in [1.82, 2.24) is 0 Å². The minimum Gasteiger partial charge on any atom is -0.399 e. The molecule has 1 aromatic rings. The van der Waals surface area contributed by atoms with Gasteiger partial charge >= 0.3 is 0 Å². The summed E-state index contributed by atoms with van der Waals surface area (Å²) in [7, 11) is 0. The molecule has 1 aromatic carbocycles. The maximum atomic E-state index is 11.7. The van der Waals surface area contributed by atoms with E-state index in [1.807, 2.05) is 11.8 Å². The minimum absolute atomic E-state index is 0.125. The zero-order chi connectivity index (χ0) is 15.7. The highest BCUT2D eigenvalue weighted by Gasteiger charge is 2.32. The molecule has 2 unspecified atom stereocenters. The first kappa shape index (κ1) is 15.4. The van der Waals surface area contributed by atoms with E-state index in [4.69, 9.17) is 28.8 Å². The molecule has 6 nitrogen and oxygen atoms in total. The van der Waals surface area contributed by atoms with E-state index in [9.17, 15) is 9.59 Å². The molecular weight excluding hydrogens is 292 g/mol. The van der Waals surface area contributed by atoms with Gasteiger partial charge in [-0.25, -0.2) is 0 Å². The second kappa shape index (κ2) is 5.81. The summed E-state index contributed by atoms with van der Waals surface area (Å²) in [4.78, 5) is 25.0. The molecule has 6 N–H and O–H groups in total. The van der Waals surface area contributed by atoms with Crippen LogP contribution in [0.1, 0.15) is 30.1 Å². The molecule has 1 aliphatic heterocycles. The van der Waals surface area contributed by atoms with Crippen LogP contribution in [0.4, 0.5) is 11.4 Å². The lowest BCUT2D eigenvalue weighted by molar-refractivity contribution is -0.122. The van der Waals surface area contributed by atoms with Gasteiger partial charge in [0, 0.05) is 18.3 Å². The summed E-state index contributed by atoms with van der Waals surface area (Å²) in [6.07, 6.45) is 1.51. The SMILES string of the molecule is CC1CCC(C(N)=O)CN1c1c(Cl)cc(N)cc1C(N)=O. The normalized spacial score (nSPS) is 22.1. The highest BCUT2D eigenvalue weighted by atomic mass is 35.5. The monoisotopic (exact) mass is 310 g/mol. The number of anilines is 2. The van der Waals surface area contributed by atoms with Gasteiger partial charge in [-0.3, -0.25) is 9.59 Å².